The van der Waals surface area contributed by atoms with Gasteiger partial charge in [-0.25, -0.2) is 4.98 Å². The third-order valence-electron chi connectivity index (χ3n) is 6.62. The zero-order chi connectivity index (χ0) is 25.5. The Morgan fingerprint density at radius 2 is 1.86 bits per heavy atom. The number of hydrogen-bond donors (Lipinski definition) is 3. The third kappa shape index (κ3) is 6.51. The van der Waals surface area contributed by atoms with Crippen LogP contribution in [0.3, 0.4) is 0 Å². The number of pyridine rings is 1. The Labute approximate surface area is 211 Å². The second-order valence-corrected chi connectivity index (χ2v) is 9.60. The molecule has 4 heterocycles. The first-order valence-corrected chi connectivity index (χ1v) is 12.5. The molecule has 2 fully saturated rings. The van der Waals surface area contributed by atoms with E-state index in [0.29, 0.717) is 47.5 Å². The van der Waals surface area contributed by atoms with E-state index in [2.05, 4.69) is 39.4 Å². The number of hydrogen-bond acceptors (Lipinski definition) is 7. The molecule has 1 aromatic carbocycles. The number of aromatic amines is 1. The summed E-state index contributed by atoms with van der Waals surface area (Å²) >= 11 is 0. The number of amides is 2. The van der Waals surface area contributed by atoms with Gasteiger partial charge in [0.25, 0.3) is 0 Å². The van der Waals surface area contributed by atoms with Crippen LogP contribution in [0.2, 0.25) is 0 Å². The van der Waals surface area contributed by atoms with Gasteiger partial charge in [0.2, 0.25) is 0 Å². The minimum absolute atomic E-state index is 0.318. The van der Waals surface area contributed by atoms with E-state index in [1.807, 2.05) is 30.3 Å². The van der Waals surface area contributed by atoms with Crippen molar-refractivity contribution < 1.29 is 14.3 Å². The van der Waals surface area contributed by atoms with E-state index in [1.165, 1.54) is 12.4 Å². The first-order valence-electron chi connectivity index (χ1n) is 12.5. The number of nitrogen functional groups attached to an aromatic ring is 1. The highest BCUT2D eigenvalue weighted by molar-refractivity contribution is 6.40. The Morgan fingerprint density at radius 3 is 2.58 bits per heavy atom. The van der Waals surface area contributed by atoms with Crippen molar-refractivity contribution in [2.24, 2.45) is 5.92 Å². The van der Waals surface area contributed by atoms with Gasteiger partial charge in [-0.15, -0.1) is 0 Å². The van der Waals surface area contributed by atoms with Crippen molar-refractivity contribution in [1.82, 2.24) is 25.0 Å². The number of benzene rings is 1. The maximum absolute atomic E-state index is 12.2. The Morgan fingerprint density at radius 1 is 1.11 bits per heavy atom. The van der Waals surface area contributed by atoms with E-state index in [1.54, 1.807) is 4.90 Å². The minimum atomic E-state index is -0.670. The van der Waals surface area contributed by atoms with E-state index in [0.717, 1.165) is 44.5 Å². The van der Waals surface area contributed by atoms with Gasteiger partial charge in [0, 0.05) is 26.2 Å². The molecular formula is C26H35N7O3. The predicted molar refractivity (Wildman–Crippen MR) is 139 cm³/mol. The van der Waals surface area contributed by atoms with Crippen LogP contribution in [0.25, 0.3) is 10.9 Å². The number of nitrogens with two attached hydrogens (primary N) is 1. The monoisotopic (exact) mass is 493 g/mol. The Hall–Kier alpha value is -3.66. The molecule has 0 bridgehead atoms. The summed E-state index contributed by atoms with van der Waals surface area (Å²) in [6.07, 6.45) is 7.66. The fourth-order valence-electron chi connectivity index (χ4n) is 4.54. The van der Waals surface area contributed by atoms with Crippen molar-refractivity contribution in [3.8, 4) is 5.75 Å². The van der Waals surface area contributed by atoms with Gasteiger partial charge in [-0.05, 0) is 50.8 Å². The van der Waals surface area contributed by atoms with Crippen LogP contribution in [-0.4, -0.2) is 76.1 Å². The van der Waals surface area contributed by atoms with Crippen LogP contribution in [0.4, 0.5) is 11.5 Å². The number of carbonyl (C=O) groups excluding carboxylic acids is 2. The van der Waals surface area contributed by atoms with Gasteiger partial charge in [0.1, 0.15) is 17.7 Å². The van der Waals surface area contributed by atoms with Crippen molar-refractivity contribution >= 4 is 34.2 Å². The summed E-state index contributed by atoms with van der Waals surface area (Å²) in [5.41, 5.74) is 6.68. The summed E-state index contributed by atoms with van der Waals surface area (Å²) in [6.45, 7) is 5.62. The molecular weight excluding hydrogens is 458 g/mol. The van der Waals surface area contributed by atoms with Crippen LogP contribution in [0, 0.1) is 5.92 Å². The van der Waals surface area contributed by atoms with E-state index in [4.69, 9.17) is 10.5 Å². The summed E-state index contributed by atoms with van der Waals surface area (Å²) in [7, 11) is 2.17. The van der Waals surface area contributed by atoms with Gasteiger partial charge in [-0.3, -0.25) is 14.7 Å². The van der Waals surface area contributed by atoms with Crippen LogP contribution in [0.5, 0.6) is 5.75 Å². The molecule has 4 N–H and O–H groups in total. The summed E-state index contributed by atoms with van der Waals surface area (Å²) in [6, 6.07) is 10.1. The average Bonchev–Trinajstić information content (AvgIpc) is 3.39. The molecule has 10 heteroatoms. The number of H-pyrrole nitrogens is 1. The number of anilines is 2. The van der Waals surface area contributed by atoms with E-state index < -0.39 is 11.8 Å². The molecule has 0 aliphatic carbocycles. The van der Waals surface area contributed by atoms with Crippen LogP contribution in [-0.2, 0) is 9.59 Å². The molecule has 3 aromatic rings. The molecule has 2 aliphatic rings. The lowest BCUT2D eigenvalue weighted by Crippen LogP contribution is -2.44. The number of ether oxygens (including phenoxy) is 1. The van der Waals surface area contributed by atoms with E-state index in [-0.39, 0.29) is 0 Å². The zero-order valence-electron chi connectivity index (χ0n) is 20.9. The molecule has 0 saturated carbocycles. The topological polar surface area (TPSA) is 129 Å². The van der Waals surface area contributed by atoms with Crippen LogP contribution in [0.1, 0.15) is 32.6 Å². The lowest BCUT2D eigenvalue weighted by atomic mass is 10.0. The molecule has 2 aromatic heterocycles. The van der Waals surface area contributed by atoms with Gasteiger partial charge >= 0.3 is 11.8 Å². The Kier molecular flexibility index (Phi) is 8.37. The number of aromatic nitrogens is 3. The molecule has 36 heavy (non-hydrogen) atoms. The smallest absolute Gasteiger partial charge is 0.314 e. The van der Waals surface area contributed by atoms with Gasteiger partial charge < -0.3 is 25.6 Å². The number of nitrogens with zero attached hydrogens (tertiary/aromatic N) is 4. The largest absolute Gasteiger partial charge is 0.490 e. The highest BCUT2D eigenvalue weighted by Crippen LogP contribution is 2.24. The summed E-state index contributed by atoms with van der Waals surface area (Å²) in [5.74, 6) is 0.551. The second kappa shape index (κ2) is 11.9. The highest BCUT2D eigenvalue weighted by Gasteiger charge is 2.26. The molecule has 1 unspecified atom stereocenters. The zero-order valence-corrected chi connectivity index (χ0v) is 20.9. The lowest BCUT2D eigenvalue weighted by molar-refractivity contribution is -0.144. The van der Waals surface area contributed by atoms with Gasteiger partial charge in [0.15, 0.2) is 0 Å². The standard InChI is InChI=1S/C14H18N6O2.C12H17NO/c1-8-3-2-4-20(7-8)14(22)13(21)18-10-6-16-12(15)9-5-17-19-11(9)10;1-13-9-7-12(8-10-13)14-11-5-3-2-4-6-11/h5-6,8H,2-4,7H2,1H3,(H2,15,16)(H,17,19)(H,18,21);2-6,12H,7-10H2,1H3. The quantitative estimate of drug-likeness (QED) is 0.478. The van der Waals surface area contributed by atoms with Crippen molar-refractivity contribution in [1.29, 1.82) is 0 Å². The molecule has 0 spiro atoms. The van der Waals surface area contributed by atoms with Crippen molar-refractivity contribution in [3.63, 3.8) is 0 Å². The number of nitrogens with one attached hydrogen (secondary N) is 2. The first-order chi connectivity index (χ1) is 17.4. The summed E-state index contributed by atoms with van der Waals surface area (Å²) in [5, 5.41) is 9.83. The number of para-hydroxylation sites is 1. The molecule has 0 radical (unpaired) electrons. The Bertz CT molecular complexity index is 1160. The molecule has 2 saturated heterocycles. The second-order valence-electron chi connectivity index (χ2n) is 9.60. The van der Waals surface area contributed by atoms with E-state index in [9.17, 15) is 9.59 Å². The summed E-state index contributed by atoms with van der Waals surface area (Å²) < 4.78 is 5.88. The first kappa shape index (κ1) is 25.4. The van der Waals surface area contributed by atoms with Crippen LogP contribution < -0.4 is 15.8 Å². The number of likely N-dealkylation sites (tertiary alicyclic amines) is 2. The highest BCUT2D eigenvalue weighted by atomic mass is 16.5. The summed E-state index contributed by atoms with van der Waals surface area (Å²) in [4.78, 5) is 32.3. The molecule has 5 rings (SSSR count). The maximum Gasteiger partial charge on any atom is 0.314 e. The van der Waals surface area contributed by atoms with E-state index >= 15 is 0 Å². The third-order valence-corrected chi connectivity index (χ3v) is 6.62. The van der Waals surface area contributed by atoms with Gasteiger partial charge in [-0.1, -0.05) is 25.1 Å². The average molecular weight is 494 g/mol. The number of fused-ring (bicyclic) bond motifs is 1. The lowest BCUT2D eigenvalue weighted by Gasteiger charge is -2.30. The van der Waals surface area contributed by atoms with Crippen molar-refractivity contribution in [2.75, 3.05) is 44.3 Å². The Balaban J connectivity index is 0.000000187. The predicted octanol–water partition coefficient (Wildman–Crippen LogP) is 2.90. The fourth-order valence-corrected chi connectivity index (χ4v) is 4.54. The number of carbonyl (C=O) groups is 2. The van der Waals surface area contributed by atoms with Crippen LogP contribution in [0.15, 0.2) is 42.7 Å². The SMILES string of the molecule is CC1CCCN(C(=O)C(=O)Nc2cnc(N)c3cn[nH]c23)C1.CN1CCC(Oc2ccccc2)CC1. The molecule has 192 valence electrons. The van der Waals surface area contributed by atoms with Crippen molar-refractivity contribution in [3.05, 3.63) is 42.7 Å². The molecule has 10 nitrogen and oxygen atoms in total. The molecule has 2 aliphatic heterocycles. The fraction of sp³-hybridized carbons (Fsp3) is 0.462. The number of piperidine rings is 2. The molecule has 1 atom stereocenters. The normalized spacial score (nSPS) is 18.8. The van der Waals surface area contributed by atoms with Crippen LogP contribution >= 0.6 is 0 Å². The molecule has 2 amide bonds. The van der Waals surface area contributed by atoms with Crippen molar-refractivity contribution in [2.45, 2.75) is 38.7 Å². The maximum atomic E-state index is 12.2. The minimum Gasteiger partial charge on any atom is -0.490 e. The van der Waals surface area contributed by atoms with Gasteiger partial charge in [-0.2, -0.15) is 5.10 Å². The van der Waals surface area contributed by atoms with Gasteiger partial charge in [0.05, 0.1) is 29.0 Å². The number of rotatable bonds is 3.